The number of nitrogens with one attached hydrogen (secondary N) is 1. The van der Waals surface area contributed by atoms with E-state index in [4.69, 9.17) is 0 Å². The molecule has 0 bridgehead atoms. The van der Waals surface area contributed by atoms with E-state index >= 15 is 0 Å². The molecule has 1 aliphatic heterocycles. The minimum Gasteiger partial charge on any atom is -0.353 e. The molecule has 1 atom stereocenters. The van der Waals surface area contributed by atoms with Gasteiger partial charge in [-0.1, -0.05) is 50.8 Å². The van der Waals surface area contributed by atoms with Crippen molar-refractivity contribution in [1.29, 1.82) is 0 Å². The van der Waals surface area contributed by atoms with Gasteiger partial charge in [-0.3, -0.25) is 9.59 Å². The highest BCUT2D eigenvalue weighted by Gasteiger charge is 2.54. The first-order valence-corrected chi connectivity index (χ1v) is 10.4. The Labute approximate surface area is 156 Å². The fourth-order valence-electron chi connectivity index (χ4n) is 5.00. The third-order valence-corrected chi connectivity index (χ3v) is 6.46. The summed E-state index contributed by atoms with van der Waals surface area (Å²) in [5, 5.41) is 3.25. The van der Waals surface area contributed by atoms with Crippen LogP contribution >= 0.6 is 0 Å². The second-order valence-corrected chi connectivity index (χ2v) is 8.28. The molecule has 140 valence electrons. The maximum atomic E-state index is 13.4. The summed E-state index contributed by atoms with van der Waals surface area (Å²) >= 11 is 0. The first-order valence-electron chi connectivity index (χ1n) is 10.4. The largest absolute Gasteiger partial charge is 0.353 e. The molecule has 0 unspecified atom stereocenters. The summed E-state index contributed by atoms with van der Waals surface area (Å²) in [4.78, 5) is 28.8. The summed E-state index contributed by atoms with van der Waals surface area (Å²) in [6, 6.07) is 8.16. The van der Waals surface area contributed by atoms with Crippen LogP contribution in [0.4, 0.5) is 0 Å². The maximum Gasteiger partial charge on any atom is 0.254 e. The standard InChI is InChI=1S/C22H30N2O2/c1-2-3-15-24-21(26)18-10-6-5-9-17(18)19(20(25)23-16-11-12-16)22(24)13-7-4-8-14-22/h5-6,9-10,16,19H,2-4,7-8,11-15H2,1H3,(H,23,25)/t19-/m0/s1. The molecule has 26 heavy (non-hydrogen) atoms. The molecule has 4 heteroatoms. The van der Waals surface area contributed by atoms with E-state index in [0.29, 0.717) is 6.04 Å². The third-order valence-electron chi connectivity index (χ3n) is 6.46. The summed E-state index contributed by atoms with van der Waals surface area (Å²) in [5.74, 6) is 0.0384. The summed E-state index contributed by atoms with van der Waals surface area (Å²) in [6.07, 6.45) is 9.52. The van der Waals surface area contributed by atoms with Crippen molar-refractivity contribution < 1.29 is 9.59 Å². The van der Waals surface area contributed by atoms with E-state index in [0.717, 1.165) is 69.0 Å². The Kier molecular flexibility index (Phi) is 4.76. The number of hydrogen-bond acceptors (Lipinski definition) is 2. The molecule has 2 amide bonds. The van der Waals surface area contributed by atoms with Crippen LogP contribution < -0.4 is 5.32 Å². The Morgan fingerprint density at radius 3 is 2.62 bits per heavy atom. The Morgan fingerprint density at radius 1 is 1.19 bits per heavy atom. The molecule has 1 N–H and O–H groups in total. The number of amides is 2. The Morgan fingerprint density at radius 2 is 1.92 bits per heavy atom. The van der Waals surface area contributed by atoms with Gasteiger partial charge in [-0.2, -0.15) is 0 Å². The summed E-state index contributed by atoms with van der Waals surface area (Å²) < 4.78 is 0. The molecule has 0 aromatic heterocycles. The zero-order valence-corrected chi connectivity index (χ0v) is 15.8. The van der Waals surface area contributed by atoms with Gasteiger partial charge < -0.3 is 10.2 Å². The lowest BCUT2D eigenvalue weighted by Crippen LogP contribution is -2.62. The van der Waals surface area contributed by atoms with Crippen LogP contribution in [0.1, 0.15) is 86.6 Å². The Bertz CT molecular complexity index is 689. The first kappa shape index (κ1) is 17.6. The Balaban J connectivity index is 1.80. The lowest BCUT2D eigenvalue weighted by atomic mass is 9.65. The van der Waals surface area contributed by atoms with Crippen molar-refractivity contribution in [2.75, 3.05) is 6.54 Å². The van der Waals surface area contributed by atoms with Crippen molar-refractivity contribution in [3.05, 3.63) is 35.4 Å². The smallest absolute Gasteiger partial charge is 0.254 e. The van der Waals surface area contributed by atoms with Crippen molar-refractivity contribution >= 4 is 11.8 Å². The quantitative estimate of drug-likeness (QED) is 0.868. The van der Waals surface area contributed by atoms with Crippen LogP contribution in [0, 0.1) is 0 Å². The fraction of sp³-hybridized carbons (Fsp3) is 0.636. The molecule has 0 radical (unpaired) electrons. The van der Waals surface area contributed by atoms with Gasteiger partial charge in [0, 0.05) is 18.2 Å². The van der Waals surface area contributed by atoms with Gasteiger partial charge >= 0.3 is 0 Å². The van der Waals surface area contributed by atoms with Crippen molar-refractivity contribution in [1.82, 2.24) is 10.2 Å². The first-order chi connectivity index (χ1) is 12.7. The SMILES string of the molecule is CCCCN1C(=O)c2ccccc2[C@@H](C(=O)NC2CC2)C12CCCCC2. The van der Waals surface area contributed by atoms with Crippen LogP contribution in [0.3, 0.4) is 0 Å². The molecular formula is C22H30N2O2. The number of nitrogens with zero attached hydrogens (tertiary/aromatic N) is 1. The maximum absolute atomic E-state index is 13.4. The van der Waals surface area contributed by atoms with Crippen LogP contribution in [0.15, 0.2) is 24.3 Å². The van der Waals surface area contributed by atoms with Gasteiger partial charge in [-0.25, -0.2) is 0 Å². The topological polar surface area (TPSA) is 49.4 Å². The van der Waals surface area contributed by atoms with Crippen molar-refractivity contribution in [3.8, 4) is 0 Å². The molecule has 1 aromatic carbocycles. The van der Waals surface area contributed by atoms with Crippen LogP contribution in [0.5, 0.6) is 0 Å². The van der Waals surface area contributed by atoms with Gasteiger partial charge in [0.2, 0.25) is 5.91 Å². The Hall–Kier alpha value is -1.84. The number of hydrogen-bond donors (Lipinski definition) is 1. The minimum absolute atomic E-state index is 0.131. The van der Waals surface area contributed by atoms with E-state index in [9.17, 15) is 9.59 Å². The van der Waals surface area contributed by atoms with Crippen molar-refractivity contribution in [3.63, 3.8) is 0 Å². The van der Waals surface area contributed by atoms with Gasteiger partial charge in [0.25, 0.3) is 5.91 Å². The number of unbranched alkanes of at least 4 members (excludes halogenated alkanes) is 1. The lowest BCUT2D eigenvalue weighted by Gasteiger charge is -2.54. The van der Waals surface area contributed by atoms with E-state index in [2.05, 4.69) is 17.1 Å². The number of carbonyl (C=O) groups is 2. The molecule has 4 nitrogen and oxygen atoms in total. The number of benzene rings is 1. The van der Waals surface area contributed by atoms with Gasteiger partial charge in [0.15, 0.2) is 0 Å². The van der Waals surface area contributed by atoms with Gasteiger partial charge in [-0.05, 0) is 43.7 Å². The average molecular weight is 354 g/mol. The van der Waals surface area contributed by atoms with Gasteiger partial charge in [0.1, 0.15) is 0 Å². The molecule has 0 saturated heterocycles. The monoisotopic (exact) mass is 354 g/mol. The van der Waals surface area contributed by atoms with E-state index in [1.165, 1.54) is 6.42 Å². The lowest BCUT2D eigenvalue weighted by molar-refractivity contribution is -0.127. The van der Waals surface area contributed by atoms with Crippen LogP contribution in [0.25, 0.3) is 0 Å². The van der Waals surface area contributed by atoms with E-state index in [1.54, 1.807) is 0 Å². The summed E-state index contributed by atoms with van der Waals surface area (Å²) in [5.41, 5.74) is 1.35. The second kappa shape index (κ2) is 7.05. The van der Waals surface area contributed by atoms with E-state index in [-0.39, 0.29) is 23.3 Å². The summed E-state index contributed by atoms with van der Waals surface area (Å²) in [7, 11) is 0. The number of rotatable bonds is 5. The van der Waals surface area contributed by atoms with E-state index < -0.39 is 0 Å². The molecule has 1 heterocycles. The van der Waals surface area contributed by atoms with Crippen molar-refractivity contribution in [2.24, 2.45) is 0 Å². The van der Waals surface area contributed by atoms with Gasteiger partial charge in [-0.15, -0.1) is 0 Å². The zero-order chi connectivity index (χ0) is 18.1. The third kappa shape index (κ3) is 2.93. The normalized spacial score (nSPS) is 24.4. The average Bonchev–Trinajstić information content (AvgIpc) is 3.46. The van der Waals surface area contributed by atoms with Crippen LogP contribution in [-0.4, -0.2) is 34.8 Å². The molecule has 2 fully saturated rings. The molecule has 2 aliphatic carbocycles. The van der Waals surface area contributed by atoms with Crippen LogP contribution in [-0.2, 0) is 4.79 Å². The molecule has 3 aliphatic rings. The number of fused-ring (bicyclic) bond motifs is 1. The molecule has 1 aromatic rings. The molecule has 2 saturated carbocycles. The highest BCUT2D eigenvalue weighted by molar-refractivity contribution is 6.02. The molecule has 4 rings (SSSR count). The predicted octanol–water partition coefficient (Wildman–Crippen LogP) is 4.01. The van der Waals surface area contributed by atoms with E-state index in [1.807, 2.05) is 24.3 Å². The second-order valence-electron chi connectivity index (χ2n) is 8.28. The molecular weight excluding hydrogens is 324 g/mol. The van der Waals surface area contributed by atoms with Crippen molar-refractivity contribution in [2.45, 2.75) is 82.2 Å². The highest BCUT2D eigenvalue weighted by atomic mass is 16.2. The zero-order valence-electron chi connectivity index (χ0n) is 15.8. The fourth-order valence-corrected chi connectivity index (χ4v) is 5.00. The molecule has 1 spiro atoms. The highest BCUT2D eigenvalue weighted by Crippen LogP contribution is 2.49. The van der Waals surface area contributed by atoms with Crippen LogP contribution in [0.2, 0.25) is 0 Å². The summed E-state index contributed by atoms with van der Waals surface area (Å²) in [6.45, 7) is 2.92. The minimum atomic E-state index is -0.335. The van der Waals surface area contributed by atoms with Gasteiger partial charge in [0.05, 0.1) is 11.5 Å². The predicted molar refractivity (Wildman–Crippen MR) is 102 cm³/mol. The number of carbonyl (C=O) groups excluding carboxylic acids is 2.